The van der Waals surface area contributed by atoms with Gasteiger partial charge in [0, 0.05) is 26.1 Å². The summed E-state index contributed by atoms with van der Waals surface area (Å²) in [5.41, 5.74) is 0.961. The highest BCUT2D eigenvalue weighted by Gasteiger charge is 2.30. The quantitative estimate of drug-likeness (QED) is 0.689. The topological polar surface area (TPSA) is 49.4 Å². The van der Waals surface area contributed by atoms with Crippen LogP contribution in [0.4, 0.5) is 0 Å². The molecule has 15 heavy (non-hydrogen) atoms. The first kappa shape index (κ1) is 11.8. The average molecular weight is 210 g/mol. The normalized spacial score (nSPS) is 19.9. The van der Waals surface area contributed by atoms with Gasteiger partial charge in [0.15, 0.2) is 0 Å². The van der Waals surface area contributed by atoms with E-state index in [2.05, 4.69) is 11.9 Å². The summed E-state index contributed by atoms with van der Waals surface area (Å²) in [6.45, 7) is 9.35. The van der Waals surface area contributed by atoms with Crippen molar-refractivity contribution in [3.63, 3.8) is 0 Å². The molecule has 4 nitrogen and oxygen atoms in total. The molecule has 1 rings (SSSR count). The maximum absolute atomic E-state index is 12.0. The van der Waals surface area contributed by atoms with Gasteiger partial charge in [-0.05, 0) is 13.8 Å². The van der Waals surface area contributed by atoms with Crippen LogP contribution in [0.2, 0.25) is 0 Å². The van der Waals surface area contributed by atoms with Crippen LogP contribution >= 0.6 is 0 Å². The molecule has 0 spiro atoms. The number of hydrogen-bond donors (Lipinski definition) is 1. The van der Waals surface area contributed by atoms with E-state index in [1.165, 1.54) is 0 Å². The van der Waals surface area contributed by atoms with Gasteiger partial charge in [0.1, 0.15) is 0 Å². The third-order valence-corrected chi connectivity index (χ3v) is 2.48. The number of likely N-dealkylation sites (N-methyl/N-ethyl adjacent to an activating group) is 1. The Morgan fingerprint density at radius 3 is 2.73 bits per heavy atom. The van der Waals surface area contributed by atoms with Crippen molar-refractivity contribution < 1.29 is 9.59 Å². The first-order valence-corrected chi connectivity index (χ1v) is 5.24. The highest BCUT2D eigenvalue weighted by atomic mass is 16.2. The Morgan fingerprint density at radius 2 is 2.33 bits per heavy atom. The van der Waals surface area contributed by atoms with Crippen molar-refractivity contribution >= 4 is 11.8 Å². The predicted octanol–water partition coefficient (Wildman–Crippen LogP) is 0.547. The number of nitrogens with zero attached hydrogens (tertiary/aromatic N) is 1. The van der Waals surface area contributed by atoms with E-state index in [1.807, 2.05) is 13.8 Å². The molecule has 0 aromatic heterocycles. The molecule has 0 aliphatic carbocycles. The molecule has 0 bridgehead atoms. The van der Waals surface area contributed by atoms with Crippen LogP contribution in [-0.4, -0.2) is 36.3 Å². The second-order valence-corrected chi connectivity index (χ2v) is 4.01. The molecule has 1 saturated heterocycles. The van der Waals surface area contributed by atoms with E-state index in [1.54, 1.807) is 4.90 Å². The van der Waals surface area contributed by atoms with E-state index < -0.39 is 0 Å². The molecule has 4 heteroatoms. The van der Waals surface area contributed by atoms with Gasteiger partial charge in [-0.15, -0.1) is 0 Å². The summed E-state index contributed by atoms with van der Waals surface area (Å²) in [5, 5.41) is 2.67. The van der Waals surface area contributed by atoms with Crippen LogP contribution in [0.25, 0.3) is 0 Å². The molecule has 0 aromatic carbocycles. The fourth-order valence-electron chi connectivity index (χ4n) is 1.71. The lowest BCUT2D eigenvalue weighted by molar-refractivity contribution is -0.135. The van der Waals surface area contributed by atoms with Crippen LogP contribution in [0.5, 0.6) is 0 Å². The van der Waals surface area contributed by atoms with Crippen LogP contribution in [0.1, 0.15) is 20.3 Å². The monoisotopic (exact) mass is 210 g/mol. The maximum Gasteiger partial charge on any atom is 0.228 e. The van der Waals surface area contributed by atoms with Crippen molar-refractivity contribution in [2.75, 3.05) is 19.6 Å². The fourth-order valence-corrected chi connectivity index (χ4v) is 1.71. The van der Waals surface area contributed by atoms with Crippen molar-refractivity contribution in [3.8, 4) is 0 Å². The van der Waals surface area contributed by atoms with Crippen LogP contribution in [0.3, 0.4) is 0 Å². The molecule has 0 aromatic rings. The Morgan fingerprint density at radius 1 is 1.67 bits per heavy atom. The first-order valence-electron chi connectivity index (χ1n) is 5.24. The number of rotatable bonds is 4. The molecule has 1 atom stereocenters. The summed E-state index contributed by atoms with van der Waals surface area (Å²) in [7, 11) is 0. The standard InChI is InChI=1S/C11H18N2O2/c1-4-13(7-8(2)3)11(15)9-5-10(14)12-6-9/h9H,2,4-7H2,1,3H3,(H,12,14). The summed E-state index contributed by atoms with van der Waals surface area (Å²) in [6.07, 6.45) is 0.325. The second kappa shape index (κ2) is 4.96. The van der Waals surface area contributed by atoms with Gasteiger partial charge in [0.25, 0.3) is 0 Å². The van der Waals surface area contributed by atoms with Crippen LogP contribution in [0.15, 0.2) is 12.2 Å². The molecule has 0 radical (unpaired) electrons. The number of hydrogen-bond acceptors (Lipinski definition) is 2. The smallest absolute Gasteiger partial charge is 0.228 e. The van der Waals surface area contributed by atoms with E-state index in [4.69, 9.17) is 0 Å². The zero-order valence-electron chi connectivity index (χ0n) is 9.38. The van der Waals surface area contributed by atoms with Gasteiger partial charge in [-0.2, -0.15) is 0 Å². The Balaban J connectivity index is 2.56. The Hall–Kier alpha value is -1.32. The van der Waals surface area contributed by atoms with Gasteiger partial charge in [0.05, 0.1) is 5.92 Å². The molecule has 1 aliphatic rings. The third kappa shape index (κ3) is 3.08. The molecule has 1 heterocycles. The van der Waals surface area contributed by atoms with Crippen molar-refractivity contribution in [2.45, 2.75) is 20.3 Å². The SMILES string of the molecule is C=C(C)CN(CC)C(=O)C1CNC(=O)C1. The predicted molar refractivity (Wildman–Crippen MR) is 58.2 cm³/mol. The number of carbonyl (C=O) groups excluding carboxylic acids is 2. The van der Waals surface area contributed by atoms with E-state index in [0.29, 0.717) is 26.1 Å². The summed E-state index contributed by atoms with van der Waals surface area (Å²) >= 11 is 0. The molecule has 84 valence electrons. The summed E-state index contributed by atoms with van der Waals surface area (Å²) in [5.74, 6) is -0.157. The number of nitrogens with one attached hydrogen (secondary N) is 1. The Kier molecular flexibility index (Phi) is 3.88. The van der Waals surface area contributed by atoms with Gasteiger partial charge < -0.3 is 10.2 Å². The molecule has 1 aliphatic heterocycles. The highest BCUT2D eigenvalue weighted by molar-refractivity contribution is 5.89. The van der Waals surface area contributed by atoms with Crippen molar-refractivity contribution in [1.82, 2.24) is 10.2 Å². The van der Waals surface area contributed by atoms with Crippen LogP contribution in [-0.2, 0) is 9.59 Å². The zero-order valence-corrected chi connectivity index (χ0v) is 9.38. The van der Waals surface area contributed by atoms with Gasteiger partial charge in [-0.25, -0.2) is 0 Å². The second-order valence-electron chi connectivity index (χ2n) is 4.01. The molecule has 1 fully saturated rings. The maximum atomic E-state index is 12.0. The van der Waals surface area contributed by atoms with E-state index >= 15 is 0 Å². The molecule has 0 saturated carbocycles. The molecular weight excluding hydrogens is 192 g/mol. The molecule has 1 unspecified atom stereocenters. The van der Waals surface area contributed by atoms with Crippen molar-refractivity contribution in [1.29, 1.82) is 0 Å². The van der Waals surface area contributed by atoms with E-state index in [9.17, 15) is 9.59 Å². The minimum absolute atomic E-state index is 0.0280. The summed E-state index contributed by atoms with van der Waals surface area (Å²) < 4.78 is 0. The largest absolute Gasteiger partial charge is 0.355 e. The van der Waals surface area contributed by atoms with Gasteiger partial charge in [0.2, 0.25) is 11.8 Å². The summed E-state index contributed by atoms with van der Waals surface area (Å²) in [4.78, 5) is 24.7. The first-order chi connectivity index (χ1) is 7.04. The van der Waals surface area contributed by atoms with E-state index in [-0.39, 0.29) is 17.7 Å². The third-order valence-electron chi connectivity index (χ3n) is 2.48. The lowest BCUT2D eigenvalue weighted by Gasteiger charge is -2.23. The molecule has 1 N–H and O–H groups in total. The average Bonchev–Trinajstić information content (AvgIpc) is 2.60. The lowest BCUT2D eigenvalue weighted by Crippen LogP contribution is -2.37. The minimum atomic E-state index is -0.184. The molecule has 2 amide bonds. The van der Waals surface area contributed by atoms with Crippen molar-refractivity contribution in [2.24, 2.45) is 5.92 Å². The van der Waals surface area contributed by atoms with E-state index in [0.717, 1.165) is 5.57 Å². The Labute approximate surface area is 90.3 Å². The Bertz CT molecular complexity index is 286. The minimum Gasteiger partial charge on any atom is -0.355 e. The van der Waals surface area contributed by atoms with Crippen LogP contribution in [0, 0.1) is 5.92 Å². The van der Waals surface area contributed by atoms with Gasteiger partial charge in [-0.3, -0.25) is 9.59 Å². The van der Waals surface area contributed by atoms with Crippen LogP contribution < -0.4 is 5.32 Å². The fraction of sp³-hybridized carbons (Fsp3) is 0.636. The summed E-state index contributed by atoms with van der Waals surface area (Å²) in [6, 6.07) is 0. The lowest BCUT2D eigenvalue weighted by atomic mass is 10.1. The van der Waals surface area contributed by atoms with Gasteiger partial charge in [-0.1, -0.05) is 12.2 Å². The molecular formula is C11H18N2O2. The van der Waals surface area contributed by atoms with Gasteiger partial charge >= 0.3 is 0 Å². The zero-order chi connectivity index (χ0) is 11.4. The number of amides is 2. The number of carbonyl (C=O) groups is 2. The highest BCUT2D eigenvalue weighted by Crippen LogP contribution is 2.13. The van der Waals surface area contributed by atoms with Crippen molar-refractivity contribution in [3.05, 3.63) is 12.2 Å².